The Hall–Kier alpha value is -1.30. The zero-order valence-corrected chi connectivity index (χ0v) is 12.8. The average molecular weight is 312 g/mol. The third-order valence-electron chi connectivity index (χ3n) is 3.54. The highest BCUT2D eigenvalue weighted by Crippen LogP contribution is 2.23. The summed E-state index contributed by atoms with van der Waals surface area (Å²) in [6, 6.07) is 5.26. The molecule has 5 nitrogen and oxygen atoms in total. The van der Waals surface area contributed by atoms with Crippen molar-refractivity contribution in [3.05, 3.63) is 28.8 Å². The van der Waals surface area contributed by atoms with E-state index in [-0.39, 0.29) is 0 Å². The number of hydrogen-bond acceptors (Lipinski definition) is 4. The lowest BCUT2D eigenvalue weighted by Crippen LogP contribution is -2.32. The summed E-state index contributed by atoms with van der Waals surface area (Å²) >= 11 is 5.99. The van der Waals surface area contributed by atoms with E-state index in [4.69, 9.17) is 22.1 Å². The maximum Gasteiger partial charge on any atom is 0.252 e. The fraction of sp³-hybridized carbons (Fsp3) is 0.533. The summed E-state index contributed by atoms with van der Waals surface area (Å²) in [7, 11) is 0. The second-order valence-electron chi connectivity index (χ2n) is 5.13. The highest BCUT2D eigenvalue weighted by Gasteiger charge is 2.13. The number of piperidine rings is 1. The molecule has 0 unspecified atom stereocenters. The lowest BCUT2D eigenvalue weighted by molar-refractivity contribution is 0.0329. The molecule has 2 rings (SSSR count). The number of rotatable bonds is 7. The number of hydrogen-bond donors (Lipinski definition) is 3. The van der Waals surface area contributed by atoms with E-state index in [1.165, 1.54) is 0 Å². The maximum atomic E-state index is 11.4. The molecular formula is C15H22ClN3O2. The van der Waals surface area contributed by atoms with Crippen molar-refractivity contribution in [2.75, 3.05) is 31.6 Å². The Morgan fingerprint density at radius 3 is 2.90 bits per heavy atom. The zero-order chi connectivity index (χ0) is 15.1. The van der Waals surface area contributed by atoms with E-state index >= 15 is 0 Å². The number of primary amides is 1. The Kier molecular flexibility index (Phi) is 6.29. The number of carbonyl (C=O) groups excluding carboxylic acids is 1. The first-order valence-electron chi connectivity index (χ1n) is 7.33. The first-order valence-corrected chi connectivity index (χ1v) is 7.71. The number of nitrogens with two attached hydrogens (primary N) is 1. The Labute approximate surface area is 130 Å². The van der Waals surface area contributed by atoms with Crippen LogP contribution < -0.4 is 16.4 Å². The van der Waals surface area contributed by atoms with Crippen molar-refractivity contribution < 1.29 is 9.53 Å². The molecule has 0 saturated carbocycles. The summed E-state index contributed by atoms with van der Waals surface area (Å²) in [5.74, 6) is -0.519. The third kappa shape index (κ3) is 4.88. The molecule has 0 spiro atoms. The van der Waals surface area contributed by atoms with Crippen LogP contribution in [0.1, 0.15) is 29.6 Å². The van der Waals surface area contributed by atoms with Gasteiger partial charge in [-0.05, 0) is 44.5 Å². The van der Waals surface area contributed by atoms with Crippen molar-refractivity contribution in [3.8, 4) is 0 Å². The molecule has 0 bridgehead atoms. The topological polar surface area (TPSA) is 76.4 Å². The highest BCUT2D eigenvalue weighted by molar-refractivity contribution is 6.34. The van der Waals surface area contributed by atoms with Gasteiger partial charge >= 0.3 is 0 Å². The van der Waals surface area contributed by atoms with Crippen LogP contribution in [0, 0.1) is 0 Å². The van der Waals surface area contributed by atoms with E-state index in [1.807, 2.05) is 0 Å². The molecule has 1 heterocycles. The fourth-order valence-corrected chi connectivity index (χ4v) is 2.70. The van der Waals surface area contributed by atoms with Gasteiger partial charge in [-0.2, -0.15) is 0 Å². The van der Waals surface area contributed by atoms with Gasteiger partial charge in [-0.25, -0.2) is 0 Å². The van der Waals surface area contributed by atoms with Crippen molar-refractivity contribution in [1.29, 1.82) is 0 Å². The van der Waals surface area contributed by atoms with Gasteiger partial charge in [0.05, 0.1) is 16.7 Å². The summed E-state index contributed by atoms with van der Waals surface area (Å²) in [5, 5.41) is 6.88. The van der Waals surface area contributed by atoms with Crippen molar-refractivity contribution in [2.24, 2.45) is 5.73 Å². The minimum absolute atomic E-state index is 0.346. The predicted octanol–water partition coefficient (Wildman–Crippen LogP) is 2.01. The van der Waals surface area contributed by atoms with Crippen LogP contribution in [0.3, 0.4) is 0 Å². The number of amides is 1. The molecule has 1 aliphatic heterocycles. The van der Waals surface area contributed by atoms with E-state index in [9.17, 15) is 4.79 Å². The first-order chi connectivity index (χ1) is 10.2. The summed E-state index contributed by atoms with van der Waals surface area (Å²) in [4.78, 5) is 11.4. The van der Waals surface area contributed by atoms with Crippen LogP contribution in [0.15, 0.2) is 18.2 Å². The number of halogens is 1. The fourth-order valence-electron chi connectivity index (χ4n) is 2.43. The maximum absolute atomic E-state index is 11.4. The Bertz CT molecular complexity index is 476. The summed E-state index contributed by atoms with van der Waals surface area (Å²) in [6.45, 7) is 3.50. The molecule has 0 atom stereocenters. The molecule has 1 aliphatic rings. The number of ether oxygens (including phenoxy) is 1. The second-order valence-corrected chi connectivity index (χ2v) is 5.53. The minimum atomic E-state index is -0.519. The number of carbonyl (C=O) groups is 1. The molecule has 0 aromatic heterocycles. The zero-order valence-electron chi connectivity index (χ0n) is 12.0. The normalized spacial score (nSPS) is 15.9. The van der Waals surface area contributed by atoms with E-state index in [1.54, 1.807) is 18.2 Å². The minimum Gasteiger partial charge on any atom is -0.384 e. The molecule has 1 aromatic rings. The number of benzene rings is 1. The van der Waals surface area contributed by atoms with Crippen molar-refractivity contribution >= 4 is 23.2 Å². The lowest BCUT2D eigenvalue weighted by Gasteiger charge is -2.23. The van der Waals surface area contributed by atoms with E-state index in [0.717, 1.165) is 32.4 Å². The van der Waals surface area contributed by atoms with Crippen LogP contribution in [0.4, 0.5) is 5.69 Å². The van der Waals surface area contributed by atoms with Gasteiger partial charge in [0.1, 0.15) is 0 Å². The van der Waals surface area contributed by atoms with Crippen LogP contribution in [0.2, 0.25) is 5.02 Å². The molecule has 0 aliphatic carbocycles. The molecule has 6 heteroatoms. The molecule has 1 amide bonds. The van der Waals surface area contributed by atoms with Crippen molar-refractivity contribution in [2.45, 2.75) is 25.4 Å². The van der Waals surface area contributed by atoms with E-state index < -0.39 is 5.91 Å². The highest BCUT2D eigenvalue weighted by atomic mass is 35.5. The van der Waals surface area contributed by atoms with Gasteiger partial charge in [0.25, 0.3) is 5.91 Å². The molecule has 4 N–H and O–H groups in total. The molecule has 1 fully saturated rings. The van der Waals surface area contributed by atoms with Gasteiger partial charge in [0.15, 0.2) is 0 Å². The standard InChI is InChI=1S/C15H22ClN3O2/c16-12-3-1-4-13(14(12)15(17)20)19-7-2-10-21-11-5-8-18-9-6-11/h1,3-4,11,18-19H,2,5-10H2,(H2,17,20). The van der Waals surface area contributed by atoms with Gasteiger partial charge in [-0.15, -0.1) is 0 Å². The van der Waals surface area contributed by atoms with Crippen LogP contribution in [-0.2, 0) is 4.74 Å². The smallest absolute Gasteiger partial charge is 0.252 e. The van der Waals surface area contributed by atoms with E-state index in [0.29, 0.717) is 35.5 Å². The third-order valence-corrected chi connectivity index (χ3v) is 3.85. The first kappa shape index (κ1) is 16.1. The second kappa shape index (κ2) is 8.22. The Morgan fingerprint density at radius 1 is 1.43 bits per heavy atom. The Morgan fingerprint density at radius 2 is 2.19 bits per heavy atom. The molecule has 21 heavy (non-hydrogen) atoms. The van der Waals surface area contributed by atoms with Crippen LogP contribution in [-0.4, -0.2) is 38.3 Å². The summed E-state index contributed by atoms with van der Waals surface area (Å²) in [5.41, 5.74) is 6.37. The predicted molar refractivity (Wildman–Crippen MR) is 84.9 cm³/mol. The van der Waals surface area contributed by atoms with Crippen LogP contribution >= 0.6 is 11.6 Å². The number of anilines is 1. The quantitative estimate of drug-likeness (QED) is 0.673. The van der Waals surface area contributed by atoms with Crippen LogP contribution in [0.5, 0.6) is 0 Å². The van der Waals surface area contributed by atoms with Crippen LogP contribution in [0.25, 0.3) is 0 Å². The van der Waals surface area contributed by atoms with Gasteiger partial charge in [-0.1, -0.05) is 17.7 Å². The largest absolute Gasteiger partial charge is 0.384 e. The SMILES string of the molecule is NC(=O)c1c(Cl)cccc1NCCCOC1CCNCC1. The number of nitrogens with one attached hydrogen (secondary N) is 2. The lowest BCUT2D eigenvalue weighted by atomic mass is 10.1. The Balaban J connectivity index is 1.73. The molecule has 1 aromatic carbocycles. The molecule has 1 saturated heterocycles. The van der Waals surface area contributed by atoms with Crippen molar-refractivity contribution in [1.82, 2.24) is 5.32 Å². The van der Waals surface area contributed by atoms with Crippen molar-refractivity contribution in [3.63, 3.8) is 0 Å². The summed E-state index contributed by atoms with van der Waals surface area (Å²) in [6.07, 6.45) is 3.40. The van der Waals surface area contributed by atoms with Gasteiger partial charge in [-0.3, -0.25) is 4.79 Å². The van der Waals surface area contributed by atoms with Gasteiger partial charge < -0.3 is 21.1 Å². The summed E-state index contributed by atoms with van der Waals surface area (Å²) < 4.78 is 5.82. The molecule has 116 valence electrons. The molecule has 0 radical (unpaired) electrons. The van der Waals surface area contributed by atoms with Gasteiger partial charge in [0.2, 0.25) is 0 Å². The monoisotopic (exact) mass is 311 g/mol. The van der Waals surface area contributed by atoms with Gasteiger partial charge in [0, 0.05) is 18.8 Å². The average Bonchev–Trinajstić information content (AvgIpc) is 2.47. The van der Waals surface area contributed by atoms with E-state index in [2.05, 4.69) is 10.6 Å². The molecular weight excluding hydrogens is 290 g/mol.